The van der Waals surface area contributed by atoms with E-state index in [1.165, 1.54) is 41.6 Å². The van der Waals surface area contributed by atoms with E-state index in [1.54, 1.807) is 24.1 Å². The number of hydrogen-bond acceptors (Lipinski definition) is 1. The summed E-state index contributed by atoms with van der Waals surface area (Å²) in [5, 5.41) is 1.18. The maximum atomic E-state index is 13.0. The van der Waals surface area contributed by atoms with Crippen LogP contribution in [-0.4, -0.2) is 22.8 Å². The average molecular weight is 336 g/mol. The van der Waals surface area contributed by atoms with Crippen LogP contribution in [0.2, 0.25) is 0 Å². The fourth-order valence-electron chi connectivity index (χ4n) is 3.75. The molecule has 0 saturated heterocycles. The van der Waals surface area contributed by atoms with Gasteiger partial charge >= 0.3 is 0 Å². The Bertz CT molecular complexity index is 927. The molecule has 1 aromatic heterocycles. The number of aromatic nitrogens is 1. The highest BCUT2D eigenvalue weighted by atomic mass is 19.1. The maximum absolute atomic E-state index is 13.0. The number of rotatable bonds is 3. The molecule has 128 valence electrons. The van der Waals surface area contributed by atoms with E-state index in [-0.39, 0.29) is 11.7 Å². The second-order valence-corrected chi connectivity index (χ2v) is 6.81. The smallest absolute Gasteiger partial charge is 0.256 e. The van der Waals surface area contributed by atoms with Crippen LogP contribution >= 0.6 is 0 Å². The van der Waals surface area contributed by atoms with Crippen molar-refractivity contribution < 1.29 is 9.18 Å². The fraction of sp³-hybridized carbons (Fsp3) is 0.286. The molecule has 0 unspecified atom stereocenters. The van der Waals surface area contributed by atoms with E-state index in [1.807, 2.05) is 12.1 Å². The van der Waals surface area contributed by atoms with Gasteiger partial charge in [-0.3, -0.25) is 4.79 Å². The molecule has 4 rings (SSSR count). The zero-order chi connectivity index (χ0) is 17.4. The number of nitrogens with zero attached hydrogens (tertiary/aromatic N) is 1. The minimum atomic E-state index is -0.264. The minimum absolute atomic E-state index is 0.0199. The van der Waals surface area contributed by atoms with Crippen LogP contribution in [0.5, 0.6) is 0 Å². The first-order valence-electron chi connectivity index (χ1n) is 8.76. The summed E-state index contributed by atoms with van der Waals surface area (Å²) in [4.78, 5) is 18.2. The number of benzene rings is 2. The quantitative estimate of drug-likeness (QED) is 0.753. The Labute approximate surface area is 146 Å². The van der Waals surface area contributed by atoms with E-state index in [9.17, 15) is 9.18 Å². The number of fused-ring (bicyclic) bond motifs is 3. The molecule has 2 aromatic carbocycles. The molecule has 1 heterocycles. The van der Waals surface area contributed by atoms with Crippen molar-refractivity contribution in [2.75, 3.05) is 7.05 Å². The summed E-state index contributed by atoms with van der Waals surface area (Å²) < 4.78 is 13.0. The number of aryl methyl sites for hydroxylation is 2. The number of aromatic amines is 1. The van der Waals surface area contributed by atoms with Gasteiger partial charge in [0.15, 0.2) is 0 Å². The molecule has 0 spiro atoms. The van der Waals surface area contributed by atoms with E-state index >= 15 is 0 Å². The molecule has 1 aliphatic rings. The molecule has 0 bridgehead atoms. The average Bonchev–Trinajstić information content (AvgIpc) is 3.01. The monoisotopic (exact) mass is 336 g/mol. The molecule has 1 aliphatic carbocycles. The lowest BCUT2D eigenvalue weighted by Crippen LogP contribution is -2.26. The Morgan fingerprint density at radius 2 is 1.88 bits per heavy atom. The van der Waals surface area contributed by atoms with Crippen LogP contribution in [0.3, 0.4) is 0 Å². The van der Waals surface area contributed by atoms with Crippen molar-refractivity contribution in [2.24, 2.45) is 0 Å². The Balaban J connectivity index is 1.65. The van der Waals surface area contributed by atoms with Gasteiger partial charge in [-0.15, -0.1) is 0 Å². The number of halogens is 1. The lowest BCUT2D eigenvalue weighted by atomic mass is 9.95. The van der Waals surface area contributed by atoms with E-state index < -0.39 is 0 Å². The maximum Gasteiger partial charge on any atom is 0.256 e. The second-order valence-electron chi connectivity index (χ2n) is 6.81. The molecule has 0 aliphatic heterocycles. The van der Waals surface area contributed by atoms with Gasteiger partial charge in [0.05, 0.1) is 11.1 Å². The highest BCUT2D eigenvalue weighted by Crippen LogP contribution is 2.31. The number of carbonyl (C=O) groups is 1. The van der Waals surface area contributed by atoms with Crippen molar-refractivity contribution in [1.29, 1.82) is 0 Å². The van der Waals surface area contributed by atoms with Gasteiger partial charge in [0.1, 0.15) is 5.82 Å². The summed E-state index contributed by atoms with van der Waals surface area (Å²) in [6.45, 7) is 0.454. The third-order valence-electron chi connectivity index (χ3n) is 5.04. The number of H-pyrrole nitrogens is 1. The normalized spacial score (nSPS) is 13.7. The Kier molecular flexibility index (Phi) is 4.04. The summed E-state index contributed by atoms with van der Waals surface area (Å²) in [5.41, 5.74) is 5.22. The second kappa shape index (κ2) is 6.36. The number of amides is 1. The van der Waals surface area contributed by atoms with Crippen molar-refractivity contribution in [1.82, 2.24) is 9.88 Å². The molecule has 25 heavy (non-hydrogen) atoms. The molecule has 0 saturated carbocycles. The van der Waals surface area contributed by atoms with Crippen molar-refractivity contribution in [2.45, 2.75) is 32.2 Å². The van der Waals surface area contributed by atoms with Crippen LogP contribution in [0.25, 0.3) is 10.9 Å². The van der Waals surface area contributed by atoms with Gasteiger partial charge < -0.3 is 9.88 Å². The van der Waals surface area contributed by atoms with Crippen molar-refractivity contribution in [3.63, 3.8) is 0 Å². The highest BCUT2D eigenvalue weighted by Gasteiger charge is 2.21. The molecule has 1 amide bonds. The molecule has 0 atom stereocenters. The topological polar surface area (TPSA) is 36.1 Å². The van der Waals surface area contributed by atoms with Crippen molar-refractivity contribution in [3.8, 4) is 0 Å². The summed E-state index contributed by atoms with van der Waals surface area (Å²) in [6.07, 6.45) is 4.55. The zero-order valence-electron chi connectivity index (χ0n) is 14.3. The molecule has 3 nitrogen and oxygen atoms in total. The number of hydrogen-bond donors (Lipinski definition) is 1. The number of nitrogens with one attached hydrogen (secondary N) is 1. The van der Waals surface area contributed by atoms with Crippen LogP contribution in [0.1, 0.15) is 40.0 Å². The summed E-state index contributed by atoms with van der Waals surface area (Å²) in [6, 6.07) is 12.2. The van der Waals surface area contributed by atoms with Gasteiger partial charge in [-0.05, 0) is 55.0 Å². The standard InChI is InChI=1S/C21H21FN2O/c1-24(13-14-9-11-15(22)12-10-14)21(25)18-7-4-6-17-16-5-2-3-8-19(16)23-20(17)18/h4,6-7,9-12,23H,2-3,5,8,13H2,1H3. The minimum Gasteiger partial charge on any atom is -0.358 e. The fourth-order valence-corrected chi connectivity index (χ4v) is 3.75. The van der Waals surface area contributed by atoms with Crippen LogP contribution in [0, 0.1) is 5.82 Å². The van der Waals surface area contributed by atoms with Crippen molar-refractivity contribution in [3.05, 3.63) is 70.7 Å². The van der Waals surface area contributed by atoms with Gasteiger partial charge in [0.25, 0.3) is 5.91 Å². The summed E-state index contributed by atoms with van der Waals surface area (Å²) in [7, 11) is 1.79. The van der Waals surface area contributed by atoms with Gasteiger partial charge in [-0.25, -0.2) is 4.39 Å². The Morgan fingerprint density at radius 3 is 2.68 bits per heavy atom. The van der Waals surface area contributed by atoms with Gasteiger partial charge in [0, 0.05) is 24.7 Å². The molecule has 0 radical (unpaired) electrons. The Hall–Kier alpha value is -2.62. The Morgan fingerprint density at radius 1 is 1.12 bits per heavy atom. The van der Waals surface area contributed by atoms with Gasteiger partial charge in [-0.1, -0.05) is 24.3 Å². The van der Waals surface area contributed by atoms with Crippen molar-refractivity contribution >= 4 is 16.8 Å². The third kappa shape index (κ3) is 2.93. The first-order valence-corrected chi connectivity index (χ1v) is 8.76. The summed E-state index contributed by atoms with van der Waals surface area (Å²) in [5.74, 6) is -0.284. The molecule has 1 N–H and O–H groups in total. The predicted octanol–water partition coefficient (Wildman–Crippen LogP) is 4.46. The molecule has 0 fully saturated rings. The summed E-state index contributed by atoms with van der Waals surface area (Å²) >= 11 is 0. The molecular weight excluding hydrogens is 315 g/mol. The van der Waals surface area contributed by atoms with Crippen LogP contribution in [0.4, 0.5) is 4.39 Å². The van der Waals surface area contributed by atoms with Crippen LogP contribution < -0.4 is 0 Å². The molecule has 3 aromatic rings. The zero-order valence-corrected chi connectivity index (χ0v) is 14.3. The first-order chi connectivity index (χ1) is 12.1. The van der Waals surface area contributed by atoms with Gasteiger partial charge in [0.2, 0.25) is 0 Å². The van der Waals surface area contributed by atoms with E-state index in [4.69, 9.17) is 0 Å². The van der Waals surface area contributed by atoms with Crippen LogP contribution in [0.15, 0.2) is 42.5 Å². The predicted molar refractivity (Wildman–Crippen MR) is 97.1 cm³/mol. The van der Waals surface area contributed by atoms with Crippen LogP contribution in [-0.2, 0) is 19.4 Å². The number of carbonyl (C=O) groups excluding carboxylic acids is 1. The number of para-hydroxylation sites is 1. The SMILES string of the molecule is CN(Cc1ccc(F)cc1)C(=O)c1cccc2c3c([nH]c12)CCCC3. The lowest BCUT2D eigenvalue weighted by molar-refractivity contribution is 0.0787. The van der Waals surface area contributed by atoms with Gasteiger partial charge in [-0.2, -0.15) is 0 Å². The first kappa shape index (κ1) is 15.9. The van der Waals surface area contributed by atoms with E-state index in [0.717, 1.165) is 23.9 Å². The van der Waals surface area contributed by atoms with E-state index in [0.29, 0.717) is 12.1 Å². The highest BCUT2D eigenvalue weighted by molar-refractivity contribution is 6.06. The third-order valence-corrected chi connectivity index (χ3v) is 5.04. The van der Waals surface area contributed by atoms with E-state index in [2.05, 4.69) is 11.1 Å². The molecule has 4 heteroatoms. The molecular formula is C21H21FN2O. The lowest BCUT2D eigenvalue weighted by Gasteiger charge is -2.18. The largest absolute Gasteiger partial charge is 0.358 e.